The minimum atomic E-state index is -0.515. The summed E-state index contributed by atoms with van der Waals surface area (Å²) >= 11 is 15.8. The molecule has 2 heterocycles. The number of hydrogen-bond acceptors (Lipinski definition) is 5. The van der Waals surface area contributed by atoms with Crippen molar-refractivity contribution >= 4 is 61.9 Å². The highest BCUT2D eigenvalue weighted by Gasteiger charge is 2.31. The number of halogens is 3. The Bertz CT molecular complexity index is 888. The minimum absolute atomic E-state index is 0.0369. The van der Waals surface area contributed by atoms with Crippen molar-refractivity contribution in [2.45, 2.75) is 39.3 Å². The highest BCUT2D eigenvalue weighted by Crippen LogP contribution is 2.34. The van der Waals surface area contributed by atoms with Gasteiger partial charge in [0.05, 0.1) is 10.5 Å². The van der Waals surface area contributed by atoms with Gasteiger partial charge in [0.25, 0.3) is 0 Å². The fraction of sp³-hybridized carbons (Fsp3) is 0.500. The van der Waals surface area contributed by atoms with Crippen LogP contribution in [0.1, 0.15) is 27.7 Å². The quantitative estimate of drug-likeness (QED) is 0.534. The average molecular weight is 476 g/mol. The molecule has 0 saturated carbocycles. The van der Waals surface area contributed by atoms with Crippen LogP contribution in [0.25, 0.3) is 10.9 Å². The number of anilines is 1. The Morgan fingerprint density at radius 3 is 2.59 bits per heavy atom. The van der Waals surface area contributed by atoms with Crippen LogP contribution in [0.15, 0.2) is 16.6 Å². The summed E-state index contributed by atoms with van der Waals surface area (Å²) in [4.78, 5) is 25.0. The Hall–Kier alpha value is -1.31. The maximum absolute atomic E-state index is 12.4. The Morgan fingerprint density at radius 2 is 1.96 bits per heavy atom. The third-order valence-electron chi connectivity index (χ3n) is 4.24. The molecule has 6 nitrogen and oxygen atoms in total. The molecule has 0 N–H and O–H groups in total. The monoisotopic (exact) mass is 474 g/mol. The van der Waals surface area contributed by atoms with Crippen LogP contribution in [0.3, 0.4) is 0 Å². The topological polar surface area (TPSA) is 58.6 Å². The summed E-state index contributed by atoms with van der Waals surface area (Å²) in [6, 6.07) is 3.70. The molecule has 1 aromatic carbocycles. The van der Waals surface area contributed by atoms with E-state index >= 15 is 0 Å². The first-order valence-corrected chi connectivity index (χ1v) is 10.2. The van der Waals surface area contributed by atoms with Gasteiger partial charge in [-0.3, -0.25) is 0 Å². The van der Waals surface area contributed by atoms with E-state index in [1.54, 1.807) is 11.0 Å². The van der Waals surface area contributed by atoms with E-state index in [-0.39, 0.29) is 17.4 Å². The molecule has 1 atom stereocenters. The van der Waals surface area contributed by atoms with Gasteiger partial charge in [-0.1, -0.05) is 11.6 Å². The second-order valence-electron chi connectivity index (χ2n) is 7.57. The van der Waals surface area contributed by atoms with Crippen molar-refractivity contribution in [3.8, 4) is 0 Å². The number of hydrogen-bond donors (Lipinski definition) is 0. The van der Waals surface area contributed by atoms with Crippen LogP contribution in [0, 0.1) is 0 Å². The van der Waals surface area contributed by atoms with Gasteiger partial charge >= 0.3 is 6.09 Å². The highest BCUT2D eigenvalue weighted by molar-refractivity contribution is 9.10. The molecule has 146 valence electrons. The molecule has 1 aliphatic heterocycles. The Morgan fingerprint density at radius 1 is 1.26 bits per heavy atom. The molecular formula is C18H21BrCl2N4O2. The maximum Gasteiger partial charge on any atom is 0.410 e. The molecule has 0 unspecified atom stereocenters. The van der Waals surface area contributed by atoms with Gasteiger partial charge < -0.3 is 14.5 Å². The zero-order chi connectivity index (χ0) is 19.9. The number of carbonyl (C=O) groups excluding carboxylic acids is 1. The van der Waals surface area contributed by atoms with Gasteiger partial charge in [0.2, 0.25) is 5.28 Å². The number of aromatic nitrogens is 2. The summed E-state index contributed by atoms with van der Waals surface area (Å²) in [5.41, 5.74) is 0.166. The minimum Gasteiger partial charge on any atom is -0.444 e. The Kier molecular flexibility index (Phi) is 5.75. The van der Waals surface area contributed by atoms with E-state index in [0.717, 1.165) is 15.7 Å². The lowest BCUT2D eigenvalue weighted by Gasteiger charge is -2.41. The smallest absolute Gasteiger partial charge is 0.410 e. The summed E-state index contributed by atoms with van der Waals surface area (Å²) in [6.07, 6.45) is -0.297. The number of amides is 1. The first-order valence-electron chi connectivity index (χ1n) is 8.62. The van der Waals surface area contributed by atoms with Gasteiger partial charge in [-0.2, -0.15) is 4.98 Å². The van der Waals surface area contributed by atoms with Crippen molar-refractivity contribution in [1.29, 1.82) is 0 Å². The van der Waals surface area contributed by atoms with E-state index in [2.05, 4.69) is 30.8 Å². The molecule has 1 aromatic heterocycles. The number of nitrogens with zero attached hydrogens (tertiary/aromatic N) is 4. The second kappa shape index (κ2) is 7.60. The van der Waals surface area contributed by atoms with E-state index in [9.17, 15) is 4.79 Å². The van der Waals surface area contributed by atoms with E-state index in [1.807, 2.05) is 33.8 Å². The molecule has 0 radical (unpaired) electrons. The number of ether oxygens (including phenoxy) is 1. The fourth-order valence-electron chi connectivity index (χ4n) is 3.06. The van der Waals surface area contributed by atoms with Crippen molar-refractivity contribution in [1.82, 2.24) is 14.9 Å². The first-order chi connectivity index (χ1) is 12.5. The molecule has 1 saturated heterocycles. The van der Waals surface area contributed by atoms with Crippen molar-refractivity contribution < 1.29 is 9.53 Å². The summed E-state index contributed by atoms with van der Waals surface area (Å²) in [7, 11) is 0. The van der Waals surface area contributed by atoms with Crippen LogP contribution < -0.4 is 4.90 Å². The molecular weight excluding hydrogens is 455 g/mol. The van der Waals surface area contributed by atoms with Gasteiger partial charge in [-0.05, 0) is 67.4 Å². The lowest BCUT2D eigenvalue weighted by molar-refractivity contribution is 0.0218. The third-order valence-corrected chi connectivity index (χ3v) is 5.61. The van der Waals surface area contributed by atoms with E-state index < -0.39 is 5.60 Å². The summed E-state index contributed by atoms with van der Waals surface area (Å²) in [5, 5.41) is 1.58. The average Bonchev–Trinajstić information content (AvgIpc) is 2.54. The van der Waals surface area contributed by atoms with Crippen LogP contribution in [-0.4, -0.2) is 52.2 Å². The summed E-state index contributed by atoms with van der Waals surface area (Å²) < 4.78 is 6.25. The van der Waals surface area contributed by atoms with Gasteiger partial charge in [0, 0.05) is 35.5 Å². The largest absolute Gasteiger partial charge is 0.444 e. The third kappa shape index (κ3) is 4.58. The molecule has 0 aliphatic carbocycles. The normalized spacial score (nSPS) is 18.1. The van der Waals surface area contributed by atoms with Gasteiger partial charge in [-0.25, -0.2) is 9.78 Å². The molecule has 2 aromatic rings. The summed E-state index contributed by atoms with van der Waals surface area (Å²) in [5.74, 6) is 0.735. The zero-order valence-corrected chi connectivity index (χ0v) is 18.7. The van der Waals surface area contributed by atoms with Crippen LogP contribution in [0.2, 0.25) is 10.3 Å². The lowest BCUT2D eigenvalue weighted by atomic mass is 10.1. The molecule has 9 heteroatoms. The van der Waals surface area contributed by atoms with Crippen LogP contribution in [-0.2, 0) is 4.74 Å². The van der Waals surface area contributed by atoms with E-state index in [4.69, 9.17) is 27.9 Å². The number of carbonyl (C=O) groups is 1. The molecule has 0 spiro atoms. The number of piperazine rings is 1. The second-order valence-corrected chi connectivity index (χ2v) is 9.17. The van der Waals surface area contributed by atoms with Gasteiger partial charge in [0.15, 0.2) is 0 Å². The van der Waals surface area contributed by atoms with Crippen LogP contribution in [0.4, 0.5) is 10.6 Å². The predicted molar refractivity (Wildman–Crippen MR) is 112 cm³/mol. The molecule has 1 amide bonds. The molecule has 3 rings (SSSR count). The fourth-order valence-corrected chi connectivity index (χ4v) is 3.74. The zero-order valence-electron chi connectivity index (χ0n) is 15.6. The Labute approximate surface area is 176 Å². The van der Waals surface area contributed by atoms with Crippen molar-refractivity contribution in [3.63, 3.8) is 0 Å². The van der Waals surface area contributed by atoms with Crippen molar-refractivity contribution in [2.24, 2.45) is 0 Å². The first kappa shape index (κ1) is 20.4. The molecule has 1 aliphatic rings. The van der Waals surface area contributed by atoms with Gasteiger partial charge in [-0.15, -0.1) is 0 Å². The highest BCUT2D eigenvalue weighted by atomic mass is 79.9. The lowest BCUT2D eigenvalue weighted by Crippen LogP contribution is -2.54. The van der Waals surface area contributed by atoms with Crippen LogP contribution in [0.5, 0.6) is 0 Å². The molecule has 27 heavy (non-hydrogen) atoms. The van der Waals surface area contributed by atoms with E-state index in [0.29, 0.717) is 30.2 Å². The van der Waals surface area contributed by atoms with E-state index in [1.165, 1.54) is 0 Å². The Balaban J connectivity index is 1.88. The SMILES string of the molecule is C[C@H]1CN(C(=O)OC(C)(C)C)CCN1c1nc(Cl)nc2cc(Cl)c(Br)cc12. The summed E-state index contributed by atoms with van der Waals surface area (Å²) in [6.45, 7) is 9.32. The molecule has 0 bridgehead atoms. The number of benzene rings is 1. The predicted octanol–water partition coefficient (Wildman–Crippen LogP) is 5.14. The van der Waals surface area contributed by atoms with Crippen LogP contribution >= 0.6 is 39.1 Å². The molecule has 1 fully saturated rings. The standard InChI is InChI=1S/C18H21BrCl2N4O2/c1-10-9-24(17(26)27-18(2,3)4)5-6-25(10)15-11-7-12(19)13(20)8-14(11)22-16(21)23-15/h7-8,10H,5-6,9H2,1-4H3/t10-/m0/s1. The van der Waals surface area contributed by atoms with Crippen molar-refractivity contribution in [2.75, 3.05) is 24.5 Å². The number of rotatable bonds is 1. The van der Waals surface area contributed by atoms with Gasteiger partial charge in [0.1, 0.15) is 11.4 Å². The maximum atomic E-state index is 12.4. The van der Waals surface area contributed by atoms with Crippen molar-refractivity contribution in [3.05, 3.63) is 26.9 Å². The number of fused-ring (bicyclic) bond motifs is 1.